The molecule has 21 heavy (non-hydrogen) atoms. The normalized spacial score (nSPS) is 11.9. The summed E-state index contributed by atoms with van der Waals surface area (Å²) in [5, 5.41) is 15.6. The van der Waals surface area contributed by atoms with Crippen LogP contribution in [0.5, 0.6) is 0 Å². The lowest BCUT2D eigenvalue weighted by molar-refractivity contribution is -0.139. The molecule has 0 spiro atoms. The van der Waals surface area contributed by atoms with E-state index >= 15 is 0 Å². The van der Waals surface area contributed by atoms with Crippen molar-refractivity contribution in [3.63, 3.8) is 0 Å². The van der Waals surface area contributed by atoms with E-state index < -0.39 is 17.9 Å². The number of hydrogen-bond acceptors (Lipinski definition) is 4. The van der Waals surface area contributed by atoms with Gasteiger partial charge in [0.25, 0.3) is 5.91 Å². The molecule has 2 aromatic rings. The number of amides is 1. The van der Waals surface area contributed by atoms with Gasteiger partial charge in [0.05, 0.1) is 23.6 Å². The summed E-state index contributed by atoms with van der Waals surface area (Å²) in [7, 11) is 0. The molecule has 0 aliphatic rings. The molecule has 0 aliphatic heterocycles. The number of carbonyl (C=O) groups is 2. The van der Waals surface area contributed by atoms with E-state index in [9.17, 15) is 9.59 Å². The summed E-state index contributed by atoms with van der Waals surface area (Å²) in [6.45, 7) is 1.86. The van der Waals surface area contributed by atoms with Crippen LogP contribution in [0.2, 0.25) is 0 Å². The van der Waals surface area contributed by atoms with Crippen LogP contribution in [0.15, 0.2) is 36.9 Å². The van der Waals surface area contributed by atoms with E-state index in [1.165, 1.54) is 17.1 Å². The molecule has 110 valence electrons. The first-order valence-corrected chi connectivity index (χ1v) is 6.60. The lowest BCUT2D eigenvalue weighted by atomic mass is 10.1. The molecule has 7 heteroatoms. The third-order valence-corrected chi connectivity index (χ3v) is 2.94. The van der Waals surface area contributed by atoms with Crippen LogP contribution in [-0.4, -0.2) is 37.8 Å². The Hall–Kier alpha value is -2.70. The second-order valence-electron chi connectivity index (χ2n) is 4.54. The van der Waals surface area contributed by atoms with Crippen molar-refractivity contribution >= 4 is 11.9 Å². The highest BCUT2D eigenvalue weighted by Crippen LogP contribution is 2.07. The van der Waals surface area contributed by atoms with E-state index in [2.05, 4.69) is 15.4 Å². The zero-order valence-electron chi connectivity index (χ0n) is 11.6. The molecular formula is C14H16N4O3. The number of nitrogens with zero attached hydrogens (tertiary/aromatic N) is 3. The summed E-state index contributed by atoms with van der Waals surface area (Å²) in [4.78, 5) is 27.0. The Kier molecular flexibility index (Phi) is 4.65. The monoisotopic (exact) mass is 288 g/mol. The number of aromatic nitrogens is 3. The lowest BCUT2D eigenvalue weighted by Crippen LogP contribution is -2.40. The first-order chi connectivity index (χ1) is 10.1. The molecule has 2 N–H and O–H groups in total. The van der Waals surface area contributed by atoms with Gasteiger partial charge in [-0.1, -0.05) is 13.3 Å². The standard InChI is InChI=1S/C14H16N4O3/c1-2-4-12(14(20)21)17-13(19)10-7-16-18(9-10)11-5-3-6-15-8-11/h3,5-9,12H,2,4H2,1H3,(H,17,19)(H,20,21). The largest absolute Gasteiger partial charge is 0.480 e. The number of hydrogen-bond donors (Lipinski definition) is 2. The third-order valence-electron chi connectivity index (χ3n) is 2.94. The summed E-state index contributed by atoms with van der Waals surface area (Å²) in [6.07, 6.45) is 7.25. The van der Waals surface area contributed by atoms with Crippen molar-refractivity contribution < 1.29 is 14.7 Å². The highest BCUT2D eigenvalue weighted by atomic mass is 16.4. The molecule has 0 bridgehead atoms. The van der Waals surface area contributed by atoms with Gasteiger partial charge in [-0.15, -0.1) is 0 Å². The van der Waals surface area contributed by atoms with Crippen LogP contribution in [0.4, 0.5) is 0 Å². The van der Waals surface area contributed by atoms with Crippen LogP contribution in [0.1, 0.15) is 30.1 Å². The zero-order valence-corrected chi connectivity index (χ0v) is 11.6. The molecule has 0 fully saturated rings. The number of nitrogens with one attached hydrogen (secondary N) is 1. The van der Waals surface area contributed by atoms with E-state index in [4.69, 9.17) is 5.11 Å². The number of carbonyl (C=O) groups excluding carboxylic acids is 1. The van der Waals surface area contributed by atoms with Crippen LogP contribution >= 0.6 is 0 Å². The van der Waals surface area contributed by atoms with Gasteiger partial charge in [0.15, 0.2) is 0 Å². The Morgan fingerprint density at radius 2 is 2.24 bits per heavy atom. The van der Waals surface area contributed by atoms with Crippen LogP contribution in [0.3, 0.4) is 0 Å². The van der Waals surface area contributed by atoms with Crippen molar-refractivity contribution in [3.05, 3.63) is 42.5 Å². The van der Waals surface area contributed by atoms with Gasteiger partial charge >= 0.3 is 5.97 Å². The quantitative estimate of drug-likeness (QED) is 0.833. The second kappa shape index (κ2) is 6.65. The Morgan fingerprint density at radius 1 is 1.43 bits per heavy atom. The number of carboxylic acids is 1. The zero-order chi connectivity index (χ0) is 15.2. The average Bonchev–Trinajstić information content (AvgIpc) is 2.97. The van der Waals surface area contributed by atoms with Crippen LogP contribution in [-0.2, 0) is 4.79 Å². The number of pyridine rings is 1. The first-order valence-electron chi connectivity index (χ1n) is 6.60. The van der Waals surface area contributed by atoms with E-state index in [0.29, 0.717) is 18.4 Å². The van der Waals surface area contributed by atoms with Gasteiger partial charge in [-0.25, -0.2) is 9.48 Å². The molecule has 0 aromatic carbocycles. The molecule has 0 saturated heterocycles. The summed E-state index contributed by atoms with van der Waals surface area (Å²) in [5.41, 5.74) is 1.03. The van der Waals surface area contributed by atoms with E-state index in [1.54, 1.807) is 24.5 Å². The molecule has 2 rings (SSSR count). The fourth-order valence-electron chi connectivity index (χ4n) is 1.86. The van der Waals surface area contributed by atoms with Gasteiger partial charge < -0.3 is 10.4 Å². The summed E-state index contributed by atoms with van der Waals surface area (Å²) in [6, 6.07) is 2.68. The SMILES string of the molecule is CCCC(NC(=O)c1cnn(-c2cccnc2)c1)C(=O)O. The fraction of sp³-hybridized carbons (Fsp3) is 0.286. The molecule has 7 nitrogen and oxygen atoms in total. The molecule has 2 aromatic heterocycles. The fourth-order valence-corrected chi connectivity index (χ4v) is 1.86. The summed E-state index contributed by atoms with van der Waals surface area (Å²) >= 11 is 0. The van der Waals surface area contributed by atoms with Crippen molar-refractivity contribution in [3.8, 4) is 5.69 Å². The van der Waals surface area contributed by atoms with E-state index in [-0.39, 0.29) is 0 Å². The molecule has 0 aliphatic carbocycles. The van der Waals surface area contributed by atoms with Crippen molar-refractivity contribution in [2.75, 3.05) is 0 Å². The number of aliphatic carboxylic acids is 1. The number of rotatable bonds is 6. The van der Waals surface area contributed by atoms with Crippen molar-refractivity contribution in [2.24, 2.45) is 0 Å². The van der Waals surface area contributed by atoms with Crippen molar-refractivity contribution in [1.82, 2.24) is 20.1 Å². The van der Waals surface area contributed by atoms with Gasteiger partial charge in [0.1, 0.15) is 6.04 Å². The van der Waals surface area contributed by atoms with Gasteiger partial charge in [-0.2, -0.15) is 5.10 Å². The van der Waals surface area contributed by atoms with Gasteiger partial charge in [-0.05, 0) is 18.6 Å². The van der Waals surface area contributed by atoms with Gasteiger partial charge in [0.2, 0.25) is 0 Å². The van der Waals surface area contributed by atoms with Crippen molar-refractivity contribution in [1.29, 1.82) is 0 Å². The average molecular weight is 288 g/mol. The molecule has 2 heterocycles. The second-order valence-corrected chi connectivity index (χ2v) is 4.54. The minimum absolute atomic E-state index is 0.307. The maximum atomic E-state index is 12.0. The maximum absolute atomic E-state index is 12.0. The van der Waals surface area contributed by atoms with Crippen molar-refractivity contribution in [2.45, 2.75) is 25.8 Å². The number of carboxylic acid groups (broad SMARTS) is 1. The highest BCUT2D eigenvalue weighted by molar-refractivity contribution is 5.96. The molecule has 1 unspecified atom stereocenters. The van der Waals surface area contributed by atoms with Crippen LogP contribution < -0.4 is 5.32 Å². The van der Waals surface area contributed by atoms with E-state index in [0.717, 1.165) is 5.69 Å². The predicted octanol–water partition coefficient (Wildman–Crippen LogP) is 1.25. The van der Waals surface area contributed by atoms with E-state index in [1.807, 2.05) is 6.92 Å². The first kappa shape index (κ1) is 14.7. The Bertz CT molecular complexity index is 624. The Balaban J connectivity index is 2.10. The Labute approximate surface area is 121 Å². The molecule has 1 amide bonds. The maximum Gasteiger partial charge on any atom is 0.326 e. The lowest BCUT2D eigenvalue weighted by Gasteiger charge is -2.12. The molecular weight excluding hydrogens is 272 g/mol. The molecule has 1 atom stereocenters. The van der Waals surface area contributed by atoms with Gasteiger partial charge in [0, 0.05) is 12.4 Å². The van der Waals surface area contributed by atoms with Crippen LogP contribution in [0, 0.1) is 0 Å². The smallest absolute Gasteiger partial charge is 0.326 e. The van der Waals surface area contributed by atoms with Crippen LogP contribution in [0.25, 0.3) is 5.69 Å². The molecule has 0 saturated carbocycles. The van der Waals surface area contributed by atoms with Gasteiger partial charge in [-0.3, -0.25) is 9.78 Å². The minimum Gasteiger partial charge on any atom is -0.480 e. The Morgan fingerprint density at radius 3 is 2.86 bits per heavy atom. The highest BCUT2D eigenvalue weighted by Gasteiger charge is 2.20. The predicted molar refractivity (Wildman–Crippen MR) is 75.2 cm³/mol. The summed E-state index contributed by atoms with van der Waals surface area (Å²) in [5.74, 6) is -1.49. The minimum atomic E-state index is -1.04. The summed E-state index contributed by atoms with van der Waals surface area (Å²) < 4.78 is 1.51. The topological polar surface area (TPSA) is 97.1 Å². The molecule has 0 radical (unpaired) electrons. The third kappa shape index (κ3) is 3.65.